The molecule has 5 nitrogen and oxygen atoms in total. The van der Waals surface area contributed by atoms with Gasteiger partial charge in [-0.2, -0.15) is 0 Å². The summed E-state index contributed by atoms with van der Waals surface area (Å²) in [6.45, 7) is 1.79. The van der Waals surface area contributed by atoms with Crippen LogP contribution in [0.3, 0.4) is 0 Å². The molecule has 0 aliphatic carbocycles. The lowest BCUT2D eigenvalue weighted by molar-refractivity contribution is 0.103. The lowest BCUT2D eigenvalue weighted by atomic mass is 10.1. The van der Waals surface area contributed by atoms with E-state index in [-0.39, 0.29) is 11.9 Å². The predicted octanol–water partition coefficient (Wildman–Crippen LogP) is 3.18. The number of hydrogen-bond acceptors (Lipinski definition) is 3. The van der Waals surface area contributed by atoms with E-state index in [1.807, 2.05) is 24.3 Å². The van der Waals surface area contributed by atoms with Crippen LogP contribution < -0.4 is 10.6 Å². The fraction of sp³-hybridized carbons (Fsp3) is 0.200. The van der Waals surface area contributed by atoms with Gasteiger partial charge >= 0.3 is 6.03 Å². The van der Waals surface area contributed by atoms with E-state index in [0.717, 1.165) is 5.56 Å². The van der Waals surface area contributed by atoms with Crippen molar-refractivity contribution in [3.8, 4) is 0 Å². The molecule has 2 heterocycles. The first-order valence-electron chi connectivity index (χ1n) is 6.81. The highest BCUT2D eigenvalue weighted by molar-refractivity contribution is 7.18. The van der Waals surface area contributed by atoms with Gasteiger partial charge in [-0.15, -0.1) is 11.3 Å². The van der Waals surface area contributed by atoms with E-state index in [9.17, 15) is 9.59 Å². The average Bonchev–Trinajstić information content (AvgIpc) is 3.10. The summed E-state index contributed by atoms with van der Waals surface area (Å²) in [6, 6.07) is 10.8. The number of nitrogens with one attached hydrogen (secondary N) is 2. The summed E-state index contributed by atoms with van der Waals surface area (Å²) in [5.41, 5.74) is 1.60. The highest BCUT2D eigenvalue weighted by atomic mass is 35.5. The van der Waals surface area contributed by atoms with E-state index in [0.29, 0.717) is 34.5 Å². The molecule has 0 bridgehead atoms. The second kappa shape index (κ2) is 6.37. The second-order valence-corrected chi connectivity index (χ2v) is 6.58. The first-order valence-corrected chi connectivity index (χ1v) is 8.00. The Bertz CT molecular complexity index is 716. The zero-order valence-electron chi connectivity index (χ0n) is 11.6. The minimum atomic E-state index is -0.199. The monoisotopic (exact) mass is 335 g/mol. The molecule has 0 saturated carbocycles. The van der Waals surface area contributed by atoms with Crippen molar-refractivity contribution in [2.75, 3.05) is 18.4 Å². The van der Waals surface area contributed by atoms with Gasteiger partial charge in [0.25, 0.3) is 5.91 Å². The van der Waals surface area contributed by atoms with Crippen molar-refractivity contribution >= 4 is 40.6 Å². The van der Waals surface area contributed by atoms with E-state index in [1.54, 1.807) is 17.0 Å². The van der Waals surface area contributed by atoms with Crippen LogP contribution in [0.4, 0.5) is 10.5 Å². The van der Waals surface area contributed by atoms with Crippen LogP contribution in [0.2, 0.25) is 4.34 Å². The fourth-order valence-corrected chi connectivity index (χ4v) is 3.21. The lowest BCUT2D eigenvalue weighted by Gasteiger charge is -2.17. The maximum Gasteiger partial charge on any atom is 0.317 e. The molecule has 2 N–H and O–H groups in total. The number of anilines is 1. The third-order valence-corrected chi connectivity index (χ3v) is 4.60. The molecule has 0 radical (unpaired) electrons. The maximum atomic E-state index is 12.2. The van der Waals surface area contributed by atoms with E-state index >= 15 is 0 Å². The molecule has 114 valence electrons. The molecule has 0 atom stereocenters. The summed E-state index contributed by atoms with van der Waals surface area (Å²) < 4.78 is 0.576. The molecule has 22 heavy (non-hydrogen) atoms. The summed E-state index contributed by atoms with van der Waals surface area (Å²) in [5.74, 6) is -0.199. The Kier molecular flexibility index (Phi) is 4.31. The van der Waals surface area contributed by atoms with Crippen LogP contribution >= 0.6 is 22.9 Å². The second-order valence-electron chi connectivity index (χ2n) is 4.87. The van der Waals surface area contributed by atoms with Gasteiger partial charge in [0.05, 0.1) is 9.21 Å². The van der Waals surface area contributed by atoms with Crippen molar-refractivity contribution in [2.45, 2.75) is 6.54 Å². The number of benzene rings is 1. The minimum Gasteiger partial charge on any atom is -0.336 e. The third kappa shape index (κ3) is 3.23. The first kappa shape index (κ1) is 14.9. The van der Waals surface area contributed by atoms with Crippen LogP contribution in [0.25, 0.3) is 0 Å². The Morgan fingerprint density at radius 3 is 2.82 bits per heavy atom. The van der Waals surface area contributed by atoms with Crippen LogP contribution in [-0.4, -0.2) is 29.9 Å². The summed E-state index contributed by atoms with van der Waals surface area (Å²) in [4.78, 5) is 26.1. The Labute approximate surface area is 136 Å². The van der Waals surface area contributed by atoms with Gasteiger partial charge in [0.15, 0.2) is 0 Å². The molecule has 1 aromatic heterocycles. The Morgan fingerprint density at radius 1 is 1.32 bits per heavy atom. The van der Waals surface area contributed by atoms with Crippen LogP contribution in [0.5, 0.6) is 0 Å². The number of nitrogens with zero attached hydrogens (tertiary/aromatic N) is 1. The van der Waals surface area contributed by atoms with Crippen LogP contribution in [0, 0.1) is 0 Å². The zero-order valence-corrected chi connectivity index (χ0v) is 13.2. The molecule has 2 aromatic rings. The summed E-state index contributed by atoms with van der Waals surface area (Å²) >= 11 is 7.09. The molecule has 1 aromatic carbocycles. The van der Waals surface area contributed by atoms with Gasteiger partial charge in [0.2, 0.25) is 0 Å². The standard InChI is InChI=1S/C15H14ClN3O2S/c16-13-6-5-12(22-13)14(20)18-11-4-2-1-3-10(11)9-19-8-7-17-15(19)21/h1-6H,7-9H2,(H,17,21)(H,18,20). The van der Waals surface area contributed by atoms with E-state index in [1.165, 1.54) is 11.3 Å². The highest BCUT2D eigenvalue weighted by Crippen LogP contribution is 2.24. The quantitative estimate of drug-likeness (QED) is 0.901. The Balaban J connectivity index is 1.76. The van der Waals surface area contributed by atoms with E-state index in [2.05, 4.69) is 10.6 Å². The van der Waals surface area contributed by atoms with Crippen LogP contribution in [-0.2, 0) is 6.54 Å². The molecule has 0 spiro atoms. The zero-order chi connectivity index (χ0) is 15.5. The number of halogens is 1. The summed E-state index contributed by atoms with van der Waals surface area (Å²) in [5, 5.41) is 5.65. The number of carbonyl (C=O) groups is 2. The van der Waals surface area contributed by atoms with Gasteiger partial charge in [0, 0.05) is 25.3 Å². The van der Waals surface area contributed by atoms with Gasteiger partial charge in [-0.05, 0) is 23.8 Å². The Morgan fingerprint density at radius 2 is 2.14 bits per heavy atom. The van der Waals surface area contributed by atoms with Crippen molar-refractivity contribution in [1.29, 1.82) is 0 Å². The average molecular weight is 336 g/mol. The number of hydrogen-bond donors (Lipinski definition) is 2. The fourth-order valence-electron chi connectivity index (χ4n) is 2.27. The summed E-state index contributed by atoms with van der Waals surface area (Å²) in [7, 11) is 0. The van der Waals surface area contributed by atoms with Gasteiger partial charge in [0.1, 0.15) is 0 Å². The predicted molar refractivity (Wildman–Crippen MR) is 87.5 cm³/mol. The van der Waals surface area contributed by atoms with Crippen molar-refractivity contribution in [3.05, 3.63) is 51.2 Å². The molecule has 3 rings (SSSR count). The van der Waals surface area contributed by atoms with Gasteiger partial charge in [-0.3, -0.25) is 4.79 Å². The highest BCUT2D eigenvalue weighted by Gasteiger charge is 2.21. The molecule has 0 unspecified atom stereocenters. The van der Waals surface area contributed by atoms with Crippen molar-refractivity contribution in [2.24, 2.45) is 0 Å². The summed E-state index contributed by atoms with van der Waals surface area (Å²) in [6.07, 6.45) is 0. The number of amides is 3. The normalized spacial score (nSPS) is 14.0. The van der Waals surface area contributed by atoms with Crippen LogP contribution in [0.1, 0.15) is 15.2 Å². The molecule has 1 fully saturated rings. The molecular formula is C15H14ClN3O2S. The van der Waals surface area contributed by atoms with Gasteiger partial charge in [-0.25, -0.2) is 4.79 Å². The third-order valence-electron chi connectivity index (χ3n) is 3.37. The smallest absolute Gasteiger partial charge is 0.317 e. The lowest BCUT2D eigenvalue weighted by Crippen LogP contribution is -2.28. The van der Waals surface area contributed by atoms with Crippen molar-refractivity contribution < 1.29 is 9.59 Å². The minimum absolute atomic E-state index is 0.0776. The molecule has 1 aliphatic rings. The molecule has 3 amide bonds. The largest absolute Gasteiger partial charge is 0.336 e. The van der Waals surface area contributed by atoms with E-state index in [4.69, 9.17) is 11.6 Å². The van der Waals surface area contributed by atoms with Gasteiger partial charge in [-0.1, -0.05) is 29.8 Å². The van der Waals surface area contributed by atoms with Crippen molar-refractivity contribution in [1.82, 2.24) is 10.2 Å². The van der Waals surface area contributed by atoms with Crippen LogP contribution in [0.15, 0.2) is 36.4 Å². The topological polar surface area (TPSA) is 61.4 Å². The maximum absolute atomic E-state index is 12.2. The Hall–Kier alpha value is -2.05. The van der Waals surface area contributed by atoms with E-state index < -0.39 is 0 Å². The number of para-hydroxylation sites is 1. The molecular weight excluding hydrogens is 322 g/mol. The first-order chi connectivity index (χ1) is 10.6. The molecule has 1 aliphatic heterocycles. The SMILES string of the molecule is O=C(Nc1ccccc1CN1CCNC1=O)c1ccc(Cl)s1. The molecule has 7 heteroatoms. The molecule has 1 saturated heterocycles. The van der Waals surface area contributed by atoms with Crippen molar-refractivity contribution in [3.63, 3.8) is 0 Å². The number of urea groups is 1. The number of thiophene rings is 1. The number of rotatable bonds is 4. The van der Waals surface area contributed by atoms with Gasteiger partial charge < -0.3 is 15.5 Å². The number of carbonyl (C=O) groups excluding carboxylic acids is 2.